The molecule has 0 spiro atoms. The number of anilines is 1. The molecule has 25 heavy (non-hydrogen) atoms. The monoisotopic (exact) mass is 376 g/mol. The average molecular weight is 377 g/mol. The second-order valence-corrected chi connectivity index (χ2v) is 5.57. The number of hydrogen-bond acceptors (Lipinski definition) is 4. The van der Waals surface area contributed by atoms with Gasteiger partial charge in [0.15, 0.2) is 5.11 Å². The van der Waals surface area contributed by atoms with Crippen molar-refractivity contribution >= 4 is 52.3 Å². The maximum absolute atomic E-state index is 11.8. The second-order valence-electron chi connectivity index (χ2n) is 4.72. The van der Waals surface area contributed by atoms with Crippen molar-refractivity contribution in [3.05, 3.63) is 75.3 Å². The second kappa shape index (κ2) is 8.76. The minimum atomic E-state index is -0.515. The summed E-state index contributed by atoms with van der Waals surface area (Å²) in [5, 5.41) is 14.5. The normalized spacial score (nSPS) is 10.3. The molecule has 0 saturated carbocycles. The molecule has 0 saturated heterocycles. The van der Waals surface area contributed by atoms with Crippen LogP contribution in [-0.2, 0) is 4.79 Å². The van der Waals surface area contributed by atoms with Gasteiger partial charge in [-0.3, -0.25) is 25.8 Å². The van der Waals surface area contributed by atoms with Crippen molar-refractivity contribution in [2.24, 2.45) is 0 Å². The molecule has 9 heteroatoms. The molecule has 0 radical (unpaired) electrons. The number of nitrogens with zero attached hydrogens (tertiary/aromatic N) is 1. The van der Waals surface area contributed by atoms with Crippen LogP contribution in [0.3, 0.4) is 0 Å². The highest BCUT2D eigenvalue weighted by molar-refractivity contribution is 7.80. The third-order valence-corrected chi connectivity index (χ3v) is 3.41. The number of rotatable bonds is 4. The Morgan fingerprint density at radius 1 is 1.12 bits per heavy atom. The van der Waals surface area contributed by atoms with E-state index in [0.717, 1.165) is 0 Å². The number of carbonyl (C=O) groups is 1. The van der Waals surface area contributed by atoms with Crippen LogP contribution in [0.15, 0.2) is 54.6 Å². The molecule has 0 bridgehead atoms. The maximum atomic E-state index is 11.8. The number of nitrogens with one attached hydrogen (secondary N) is 3. The van der Waals surface area contributed by atoms with E-state index in [-0.39, 0.29) is 10.8 Å². The van der Waals surface area contributed by atoms with Gasteiger partial charge in [-0.1, -0.05) is 23.7 Å². The quantitative estimate of drug-likeness (QED) is 0.328. The highest BCUT2D eigenvalue weighted by Crippen LogP contribution is 2.18. The van der Waals surface area contributed by atoms with Gasteiger partial charge in [0.1, 0.15) is 0 Å². The van der Waals surface area contributed by atoms with Gasteiger partial charge in [-0.2, -0.15) is 0 Å². The van der Waals surface area contributed by atoms with Gasteiger partial charge in [0, 0.05) is 22.9 Å². The lowest BCUT2D eigenvalue weighted by atomic mass is 10.1. The van der Waals surface area contributed by atoms with Crippen molar-refractivity contribution in [3.8, 4) is 0 Å². The van der Waals surface area contributed by atoms with Gasteiger partial charge in [-0.25, -0.2) is 0 Å². The van der Waals surface area contributed by atoms with Crippen LogP contribution in [0.1, 0.15) is 5.56 Å². The number of carbonyl (C=O) groups excluding carboxylic acids is 1. The first-order chi connectivity index (χ1) is 12.0. The fraction of sp³-hybridized carbons (Fsp3) is 0. The molecular weight excluding hydrogens is 364 g/mol. The molecule has 0 heterocycles. The van der Waals surface area contributed by atoms with E-state index in [1.165, 1.54) is 18.2 Å². The van der Waals surface area contributed by atoms with Crippen molar-refractivity contribution in [2.45, 2.75) is 0 Å². The molecule has 2 rings (SSSR count). The smallest absolute Gasteiger partial charge is 0.276 e. The largest absolute Gasteiger partial charge is 0.331 e. The van der Waals surface area contributed by atoms with Crippen molar-refractivity contribution < 1.29 is 9.72 Å². The Balaban J connectivity index is 1.87. The minimum Gasteiger partial charge on any atom is -0.331 e. The Bertz CT molecular complexity index is 824. The molecule has 128 valence electrons. The topological polar surface area (TPSA) is 96.3 Å². The zero-order valence-corrected chi connectivity index (χ0v) is 14.3. The molecule has 7 nitrogen and oxygen atoms in total. The van der Waals surface area contributed by atoms with Gasteiger partial charge in [0.25, 0.3) is 11.6 Å². The van der Waals surface area contributed by atoms with Crippen molar-refractivity contribution in [3.63, 3.8) is 0 Å². The van der Waals surface area contributed by atoms with E-state index >= 15 is 0 Å². The van der Waals surface area contributed by atoms with E-state index in [4.69, 9.17) is 23.8 Å². The summed E-state index contributed by atoms with van der Waals surface area (Å²) < 4.78 is 0. The summed E-state index contributed by atoms with van der Waals surface area (Å²) in [5.74, 6) is -0.515. The Morgan fingerprint density at radius 2 is 1.80 bits per heavy atom. The summed E-state index contributed by atoms with van der Waals surface area (Å²) in [6, 6.07) is 13.0. The van der Waals surface area contributed by atoms with Gasteiger partial charge in [0.2, 0.25) is 0 Å². The van der Waals surface area contributed by atoms with E-state index in [1.807, 2.05) is 0 Å². The van der Waals surface area contributed by atoms with Crippen LogP contribution in [0.25, 0.3) is 6.08 Å². The lowest BCUT2D eigenvalue weighted by Gasteiger charge is -2.10. The van der Waals surface area contributed by atoms with Crippen LogP contribution < -0.4 is 16.2 Å². The SMILES string of the molecule is O=C(/C=C/c1ccccc1[N+](=O)[O-])NNC(=S)Nc1ccc(Cl)cc1. The number of halogens is 1. The Labute approximate surface area is 153 Å². The Morgan fingerprint density at radius 3 is 2.48 bits per heavy atom. The molecule has 0 aromatic heterocycles. The number of thiocarbonyl (C=S) groups is 1. The molecule has 0 aliphatic heterocycles. The fourth-order valence-electron chi connectivity index (χ4n) is 1.82. The standard InChI is InChI=1S/C16H13ClN4O3S/c17-12-6-8-13(9-7-12)18-16(25)20-19-15(22)10-5-11-3-1-2-4-14(11)21(23)24/h1-10H,(H,19,22)(H2,18,20,25)/b10-5+. The zero-order chi connectivity index (χ0) is 18.2. The molecule has 3 N–H and O–H groups in total. The molecule has 2 aromatic rings. The van der Waals surface area contributed by atoms with Gasteiger partial charge in [-0.05, 0) is 48.6 Å². The molecule has 1 amide bonds. The van der Waals surface area contributed by atoms with Crippen LogP contribution in [-0.4, -0.2) is 15.9 Å². The van der Waals surface area contributed by atoms with Crippen molar-refractivity contribution in [2.75, 3.05) is 5.32 Å². The number of amides is 1. The molecule has 0 aliphatic rings. The number of hydrogen-bond donors (Lipinski definition) is 3. The van der Waals surface area contributed by atoms with E-state index in [1.54, 1.807) is 42.5 Å². The number of nitro benzene ring substituents is 1. The fourth-order valence-corrected chi connectivity index (χ4v) is 2.11. The third kappa shape index (κ3) is 5.87. The lowest BCUT2D eigenvalue weighted by Crippen LogP contribution is -2.43. The van der Waals surface area contributed by atoms with Crippen LogP contribution in [0, 0.1) is 10.1 Å². The predicted molar refractivity (Wildman–Crippen MR) is 101 cm³/mol. The molecular formula is C16H13ClN4O3S. The van der Waals surface area contributed by atoms with Crippen LogP contribution in [0.4, 0.5) is 11.4 Å². The number of para-hydroxylation sites is 1. The average Bonchev–Trinajstić information content (AvgIpc) is 2.60. The summed E-state index contributed by atoms with van der Waals surface area (Å²) in [7, 11) is 0. The van der Waals surface area contributed by atoms with Gasteiger partial charge >= 0.3 is 0 Å². The summed E-state index contributed by atoms with van der Waals surface area (Å²) in [6.07, 6.45) is 2.52. The van der Waals surface area contributed by atoms with E-state index < -0.39 is 10.8 Å². The summed E-state index contributed by atoms with van der Waals surface area (Å²) >= 11 is 10.8. The zero-order valence-electron chi connectivity index (χ0n) is 12.7. The van der Waals surface area contributed by atoms with Crippen LogP contribution in [0.5, 0.6) is 0 Å². The molecule has 0 aliphatic carbocycles. The van der Waals surface area contributed by atoms with Gasteiger partial charge in [0.05, 0.1) is 10.5 Å². The van der Waals surface area contributed by atoms with Gasteiger partial charge in [-0.15, -0.1) is 0 Å². The van der Waals surface area contributed by atoms with Gasteiger partial charge < -0.3 is 5.32 Å². The maximum Gasteiger partial charge on any atom is 0.276 e. The third-order valence-electron chi connectivity index (χ3n) is 2.95. The minimum absolute atomic E-state index is 0.0839. The van der Waals surface area contributed by atoms with Crippen LogP contribution in [0.2, 0.25) is 5.02 Å². The first-order valence-corrected chi connectivity index (χ1v) is 7.78. The number of benzene rings is 2. The highest BCUT2D eigenvalue weighted by Gasteiger charge is 2.09. The summed E-state index contributed by atoms with van der Waals surface area (Å²) in [4.78, 5) is 22.2. The van der Waals surface area contributed by atoms with E-state index in [0.29, 0.717) is 16.3 Å². The highest BCUT2D eigenvalue weighted by atomic mass is 35.5. The number of hydrazine groups is 1. The van der Waals surface area contributed by atoms with Crippen molar-refractivity contribution in [1.29, 1.82) is 0 Å². The van der Waals surface area contributed by atoms with Crippen molar-refractivity contribution in [1.82, 2.24) is 10.9 Å². The van der Waals surface area contributed by atoms with E-state index in [9.17, 15) is 14.9 Å². The molecule has 0 atom stereocenters. The summed E-state index contributed by atoms with van der Waals surface area (Å²) in [5.41, 5.74) is 5.82. The Hall–Kier alpha value is -2.97. The Kier molecular flexibility index (Phi) is 6.44. The van der Waals surface area contributed by atoms with Crippen LogP contribution >= 0.6 is 23.8 Å². The summed E-state index contributed by atoms with van der Waals surface area (Å²) in [6.45, 7) is 0. The lowest BCUT2D eigenvalue weighted by molar-refractivity contribution is -0.385. The predicted octanol–water partition coefficient (Wildman–Crippen LogP) is 3.28. The number of nitro groups is 1. The molecule has 0 unspecified atom stereocenters. The van der Waals surface area contributed by atoms with E-state index in [2.05, 4.69) is 16.2 Å². The first kappa shape index (κ1) is 18.4. The molecule has 0 fully saturated rings. The first-order valence-electron chi connectivity index (χ1n) is 7.00. The molecule has 2 aromatic carbocycles.